The smallest absolute Gasteiger partial charge is 0.323 e. The van der Waals surface area contributed by atoms with Gasteiger partial charge in [-0.1, -0.05) is 0 Å². The Hall–Kier alpha value is -5.36. The van der Waals surface area contributed by atoms with Crippen molar-refractivity contribution in [3.05, 3.63) is 78.4 Å². The number of morpholine rings is 1. The van der Waals surface area contributed by atoms with Gasteiger partial charge >= 0.3 is 6.03 Å². The zero-order chi connectivity index (χ0) is 29.9. The molecule has 1 fully saturated rings. The fourth-order valence-electron chi connectivity index (χ4n) is 4.74. The molecule has 3 amide bonds. The summed E-state index contributed by atoms with van der Waals surface area (Å²) in [5, 5.41) is 7.66. The molecular weight excluding hydrogens is 553 g/mol. The number of amides is 3. The first-order chi connectivity index (χ1) is 20.8. The van der Waals surface area contributed by atoms with E-state index in [1.165, 1.54) is 19.1 Å². The third-order valence-corrected chi connectivity index (χ3v) is 6.79. The standard InChI is InChI=1S/C31H28FN7O4/c1-18-3-10-27(43-18)21-15-26-28(33-17-21)30(39-11-13-42-14-12-39)38-29(36-26)20-4-6-22(7-5-20)35-31(41)37-25-9-8-23(16-24(25)32)34-19(2)40/h3-10,15-17H,11-14H2,1-2H3,(H,34,40)(H2,35,37,41). The number of aromatic nitrogens is 3. The van der Waals surface area contributed by atoms with Crippen LogP contribution in [-0.4, -0.2) is 53.2 Å². The Bertz CT molecular complexity index is 1820. The molecule has 4 heterocycles. The molecule has 43 heavy (non-hydrogen) atoms. The number of carbonyl (C=O) groups is 2. The molecular formula is C31H28FN7O4. The lowest BCUT2D eigenvalue weighted by atomic mass is 10.1. The zero-order valence-electron chi connectivity index (χ0n) is 23.5. The number of nitrogens with zero attached hydrogens (tertiary/aromatic N) is 4. The van der Waals surface area contributed by atoms with Crippen molar-refractivity contribution in [2.24, 2.45) is 0 Å². The fourth-order valence-corrected chi connectivity index (χ4v) is 4.74. The Morgan fingerprint density at radius 1 is 0.884 bits per heavy atom. The van der Waals surface area contributed by atoms with Gasteiger partial charge in [-0.15, -0.1) is 0 Å². The summed E-state index contributed by atoms with van der Waals surface area (Å²) < 4.78 is 25.8. The second-order valence-corrected chi connectivity index (χ2v) is 10.0. The van der Waals surface area contributed by atoms with Crippen LogP contribution in [-0.2, 0) is 9.53 Å². The van der Waals surface area contributed by atoms with Gasteiger partial charge in [-0.05, 0) is 67.6 Å². The van der Waals surface area contributed by atoms with Gasteiger partial charge in [-0.3, -0.25) is 4.79 Å². The first kappa shape index (κ1) is 27.8. The van der Waals surface area contributed by atoms with E-state index in [1.807, 2.05) is 25.1 Å². The first-order valence-corrected chi connectivity index (χ1v) is 13.7. The molecule has 6 rings (SSSR count). The Morgan fingerprint density at radius 2 is 1.65 bits per heavy atom. The minimum absolute atomic E-state index is 0.0267. The van der Waals surface area contributed by atoms with Crippen molar-refractivity contribution >= 4 is 45.9 Å². The maximum Gasteiger partial charge on any atom is 0.323 e. The van der Waals surface area contributed by atoms with Gasteiger partial charge in [0.2, 0.25) is 5.91 Å². The number of aryl methyl sites for hydroxylation is 1. The second-order valence-electron chi connectivity index (χ2n) is 10.0. The third-order valence-electron chi connectivity index (χ3n) is 6.79. The van der Waals surface area contributed by atoms with E-state index in [2.05, 4.69) is 20.9 Å². The van der Waals surface area contributed by atoms with Crippen LogP contribution in [0.4, 0.5) is 32.1 Å². The predicted molar refractivity (Wildman–Crippen MR) is 162 cm³/mol. The van der Waals surface area contributed by atoms with E-state index in [0.717, 1.165) is 28.8 Å². The van der Waals surface area contributed by atoms with Gasteiger partial charge in [0.25, 0.3) is 0 Å². The third kappa shape index (κ3) is 6.28. The summed E-state index contributed by atoms with van der Waals surface area (Å²) in [4.78, 5) is 40.3. The lowest BCUT2D eigenvalue weighted by molar-refractivity contribution is -0.114. The molecule has 0 bridgehead atoms. The molecule has 11 nitrogen and oxygen atoms in total. The van der Waals surface area contributed by atoms with Crippen molar-refractivity contribution in [1.82, 2.24) is 15.0 Å². The highest BCUT2D eigenvalue weighted by atomic mass is 19.1. The van der Waals surface area contributed by atoms with Crippen LogP contribution in [0.25, 0.3) is 33.7 Å². The van der Waals surface area contributed by atoms with E-state index in [0.29, 0.717) is 60.3 Å². The second kappa shape index (κ2) is 11.9. The minimum Gasteiger partial charge on any atom is -0.461 e. The van der Waals surface area contributed by atoms with E-state index in [-0.39, 0.29) is 11.6 Å². The zero-order valence-corrected chi connectivity index (χ0v) is 23.5. The van der Waals surface area contributed by atoms with Gasteiger partial charge < -0.3 is 30.0 Å². The molecule has 0 aliphatic carbocycles. The summed E-state index contributed by atoms with van der Waals surface area (Å²) in [5.41, 5.74) is 3.66. The SMILES string of the molecule is CC(=O)Nc1ccc(NC(=O)Nc2ccc(-c3nc(N4CCOCC4)c4ncc(-c5ccc(C)o5)cc4n3)cc2)c(F)c1. The lowest BCUT2D eigenvalue weighted by Crippen LogP contribution is -2.37. The number of urea groups is 1. The number of carbonyl (C=O) groups excluding carboxylic acids is 2. The van der Waals surface area contributed by atoms with Crippen LogP contribution in [0, 0.1) is 12.7 Å². The van der Waals surface area contributed by atoms with Gasteiger partial charge in [0, 0.05) is 48.7 Å². The van der Waals surface area contributed by atoms with Crippen molar-refractivity contribution in [1.29, 1.82) is 0 Å². The number of hydrogen-bond donors (Lipinski definition) is 3. The number of furan rings is 1. The number of anilines is 4. The molecule has 1 aliphatic rings. The quantitative estimate of drug-likeness (QED) is 0.228. The molecule has 0 unspecified atom stereocenters. The number of rotatable bonds is 6. The van der Waals surface area contributed by atoms with Gasteiger partial charge in [0.1, 0.15) is 22.9 Å². The lowest BCUT2D eigenvalue weighted by Gasteiger charge is -2.28. The van der Waals surface area contributed by atoms with Gasteiger partial charge in [0.05, 0.1) is 24.4 Å². The summed E-state index contributed by atoms with van der Waals surface area (Å²) >= 11 is 0. The largest absolute Gasteiger partial charge is 0.461 e. The fraction of sp³-hybridized carbons (Fsp3) is 0.194. The highest BCUT2D eigenvalue weighted by Gasteiger charge is 2.20. The predicted octanol–water partition coefficient (Wildman–Crippen LogP) is 5.84. The molecule has 218 valence electrons. The number of pyridine rings is 1. The maximum absolute atomic E-state index is 14.4. The molecule has 1 saturated heterocycles. The number of fused-ring (bicyclic) bond motifs is 1. The molecule has 3 N–H and O–H groups in total. The van der Waals surface area contributed by atoms with E-state index in [4.69, 9.17) is 24.1 Å². The Labute approximate surface area is 246 Å². The highest BCUT2D eigenvalue weighted by molar-refractivity contribution is 6.00. The van der Waals surface area contributed by atoms with E-state index >= 15 is 0 Å². The Kier molecular flexibility index (Phi) is 7.67. The van der Waals surface area contributed by atoms with Crippen molar-refractivity contribution in [2.75, 3.05) is 47.2 Å². The number of benzene rings is 2. The molecule has 0 saturated carbocycles. The summed E-state index contributed by atoms with van der Waals surface area (Å²) in [7, 11) is 0. The van der Waals surface area contributed by atoms with Crippen molar-refractivity contribution in [2.45, 2.75) is 13.8 Å². The van der Waals surface area contributed by atoms with Gasteiger partial charge in [0.15, 0.2) is 11.6 Å². The van der Waals surface area contributed by atoms with Crippen molar-refractivity contribution in [3.63, 3.8) is 0 Å². The van der Waals surface area contributed by atoms with Gasteiger partial charge in [-0.25, -0.2) is 24.1 Å². The van der Waals surface area contributed by atoms with Crippen LogP contribution < -0.4 is 20.9 Å². The normalized spacial score (nSPS) is 13.1. The molecule has 3 aromatic heterocycles. The van der Waals surface area contributed by atoms with Crippen LogP contribution in [0.1, 0.15) is 12.7 Å². The molecule has 5 aromatic rings. The molecule has 1 aliphatic heterocycles. The number of halogens is 1. The molecule has 0 atom stereocenters. The number of ether oxygens (including phenoxy) is 1. The minimum atomic E-state index is -0.680. The highest BCUT2D eigenvalue weighted by Crippen LogP contribution is 2.31. The molecule has 12 heteroatoms. The molecule has 0 radical (unpaired) electrons. The number of hydrogen-bond acceptors (Lipinski definition) is 8. The van der Waals surface area contributed by atoms with Crippen LogP contribution in [0.3, 0.4) is 0 Å². The van der Waals surface area contributed by atoms with Crippen LogP contribution in [0.2, 0.25) is 0 Å². The van der Waals surface area contributed by atoms with Crippen molar-refractivity contribution < 1.29 is 23.1 Å². The first-order valence-electron chi connectivity index (χ1n) is 13.7. The number of nitrogens with one attached hydrogen (secondary N) is 3. The van der Waals surface area contributed by atoms with Gasteiger partial charge in [-0.2, -0.15) is 0 Å². The monoisotopic (exact) mass is 581 g/mol. The van der Waals surface area contributed by atoms with E-state index in [9.17, 15) is 14.0 Å². The van der Waals surface area contributed by atoms with E-state index in [1.54, 1.807) is 30.5 Å². The average Bonchev–Trinajstić information content (AvgIpc) is 3.44. The summed E-state index contributed by atoms with van der Waals surface area (Å²) in [5.74, 6) is 1.73. The maximum atomic E-state index is 14.4. The van der Waals surface area contributed by atoms with E-state index < -0.39 is 11.8 Å². The average molecular weight is 582 g/mol. The van der Waals surface area contributed by atoms with Crippen LogP contribution in [0.5, 0.6) is 0 Å². The summed E-state index contributed by atoms with van der Waals surface area (Å²) in [6.45, 7) is 5.77. The summed E-state index contributed by atoms with van der Waals surface area (Å²) in [6, 6.07) is 16.2. The summed E-state index contributed by atoms with van der Waals surface area (Å²) in [6.07, 6.45) is 1.77. The van der Waals surface area contributed by atoms with Crippen LogP contribution >= 0.6 is 0 Å². The topological polar surface area (TPSA) is 135 Å². The molecule has 0 spiro atoms. The Balaban J connectivity index is 1.24. The Morgan fingerprint density at radius 3 is 2.35 bits per heavy atom. The van der Waals surface area contributed by atoms with Crippen molar-refractivity contribution in [3.8, 4) is 22.7 Å². The molecule has 2 aromatic carbocycles. The van der Waals surface area contributed by atoms with Crippen LogP contribution in [0.15, 0.2) is 71.3 Å².